The Morgan fingerprint density at radius 3 is 2.80 bits per heavy atom. The molecule has 0 aromatic heterocycles. The van der Waals surface area contributed by atoms with Gasteiger partial charge in [-0.15, -0.1) is 6.58 Å². The van der Waals surface area contributed by atoms with Gasteiger partial charge in [0.15, 0.2) is 11.6 Å². The highest BCUT2D eigenvalue weighted by Crippen LogP contribution is 2.24. The summed E-state index contributed by atoms with van der Waals surface area (Å²) in [7, 11) is 1.44. The van der Waals surface area contributed by atoms with Crippen molar-refractivity contribution in [2.24, 2.45) is 5.73 Å². The number of rotatable bonds is 4. The van der Waals surface area contributed by atoms with Crippen LogP contribution < -0.4 is 10.5 Å². The van der Waals surface area contributed by atoms with Gasteiger partial charge in [0.2, 0.25) is 0 Å². The Kier molecular flexibility index (Phi) is 3.86. The van der Waals surface area contributed by atoms with Gasteiger partial charge in [0, 0.05) is 6.04 Å². The van der Waals surface area contributed by atoms with E-state index in [2.05, 4.69) is 6.58 Å². The van der Waals surface area contributed by atoms with Crippen molar-refractivity contribution in [1.29, 1.82) is 0 Å². The van der Waals surface area contributed by atoms with Gasteiger partial charge in [-0.1, -0.05) is 11.6 Å². The van der Waals surface area contributed by atoms with Gasteiger partial charge in [0.25, 0.3) is 0 Å². The lowest BCUT2D eigenvalue weighted by Gasteiger charge is -2.13. The molecule has 0 heterocycles. The molecule has 0 aliphatic heterocycles. The zero-order valence-electron chi connectivity index (χ0n) is 9.09. The fourth-order valence-electron chi connectivity index (χ4n) is 1.40. The smallest absolute Gasteiger partial charge is 0.165 e. The molecule has 0 unspecified atom stereocenters. The van der Waals surface area contributed by atoms with Gasteiger partial charge >= 0.3 is 0 Å². The van der Waals surface area contributed by atoms with Gasteiger partial charge < -0.3 is 10.5 Å². The number of hydrogen-bond acceptors (Lipinski definition) is 2. The first kappa shape index (κ1) is 11.7. The summed E-state index contributed by atoms with van der Waals surface area (Å²) in [4.78, 5) is 0. The Bertz CT molecular complexity index is 363. The number of nitrogens with two attached hydrogens (primary N) is 1. The van der Waals surface area contributed by atoms with Crippen molar-refractivity contribution in [3.05, 3.63) is 41.7 Å². The standard InChI is InChI=1S/C12H16FNO/c1-8(2)6-11(14)9-4-5-10(13)12(7-9)15-3/h4-5,7,11H,1,6,14H2,2-3H3/t11-/m0/s1. The van der Waals surface area contributed by atoms with E-state index >= 15 is 0 Å². The first-order valence-corrected chi connectivity index (χ1v) is 4.78. The summed E-state index contributed by atoms with van der Waals surface area (Å²) in [5.41, 5.74) is 7.79. The van der Waals surface area contributed by atoms with Crippen LogP contribution in [0.25, 0.3) is 0 Å². The highest BCUT2D eigenvalue weighted by atomic mass is 19.1. The third-order valence-corrected chi connectivity index (χ3v) is 2.17. The number of ether oxygens (including phenoxy) is 1. The minimum Gasteiger partial charge on any atom is -0.494 e. The Labute approximate surface area is 89.6 Å². The van der Waals surface area contributed by atoms with Crippen LogP contribution in [0, 0.1) is 5.82 Å². The molecule has 1 aromatic rings. The molecule has 2 nitrogen and oxygen atoms in total. The molecule has 1 aromatic carbocycles. The van der Waals surface area contributed by atoms with Crippen LogP contribution in [-0.2, 0) is 0 Å². The Hall–Kier alpha value is -1.35. The van der Waals surface area contributed by atoms with Crippen molar-refractivity contribution in [1.82, 2.24) is 0 Å². The van der Waals surface area contributed by atoms with Crippen molar-refractivity contribution < 1.29 is 9.13 Å². The lowest BCUT2D eigenvalue weighted by molar-refractivity contribution is 0.385. The summed E-state index contributed by atoms with van der Waals surface area (Å²) in [6, 6.07) is 4.51. The van der Waals surface area contributed by atoms with Crippen LogP contribution >= 0.6 is 0 Å². The average Bonchev–Trinajstić information content (AvgIpc) is 2.17. The highest BCUT2D eigenvalue weighted by Gasteiger charge is 2.09. The van der Waals surface area contributed by atoms with E-state index in [4.69, 9.17) is 10.5 Å². The Morgan fingerprint density at radius 2 is 2.27 bits per heavy atom. The van der Waals surface area contributed by atoms with E-state index in [9.17, 15) is 4.39 Å². The molecule has 0 spiro atoms. The molecule has 0 aliphatic carbocycles. The quantitative estimate of drug-likeness (QED) is 0.774. The summed E-state index contributed by atoms with van der Waals surface area (Å²) in [5.74, 6) is -0.145. The maximum atomic E-state index is 13.1. The first-order chi connectivity index (χ1) is 7.04. The lowest BCUT2D eigenvalue weighted by Crippen LogP contribution is -2.10. The number of methoxy groups -OCH3 is 1. The number of halogens is 1. The normalized spacial score (nSPS) is 12.3. The monoisotopic (exact) mass is 209 g/mol. The fraction of sp³-hybridized carbons (Fsp3) is 0.333. The summed E-state index contributed by atoms with van der Waals surface area (Å²) in [5, 5.41) is 0. The molecule has 15 heavy (non-hydrogen) atoms. The van der Waals surface area contributed by atoms with E-state index in [0.717, 1.165) is 11.1 Å². The lowest BCUT2D eigenvalue weighted by atomic mass is 10.0. The second kappa shape index (κ2) is 4.94. The molecule has 1 atom stereocenters. The topological polar surface area (TPSA) is 35.2 Å². The van der Waals surface area contributed by atoms with Crippen LogP contribution in [-0.4, -0.2) is 7.11 Å². The molecule has 1 rings (SSSR count). The summed E-state index contributed by atoms with van der Waals surface area (Å²) in [6.07, 6.45) is 0.689. The van der Waals surface area contributed by atoms with Crippen LogP contribution in [0.1, 0.15) is 24.9 Å². The third-order valence-electron chi connectivity index (χ3n) is 2.17. The highest BCUT2D eigenvalue weighted by molar-refractivity contribution is 5.32. The maximum absolute atomic E-state index is 13.1. The van der Waals surface area contributed by atoms with Crippen molar-refractivity contribution in [2.45, 2.75) is 19.4 Å². The minimum absolute atomic E-state index is 0.156. The van der Waals surface area contributed by atoms with Crippen LogP contribution in [0.5, 0.6) is 5.75 Å². The molecular formula is C12H16FNO. The van der Waals surface area contributed by atoms with Crippen LogP contribution in [0.15, 0.2) is 30.4 Å². The van der Waals surface area contributed by atoms with Crippen LogP contribution in [0.4, 0.5) is 4.39 Å². The van der Waals surface area contributed by atoms with Crippen molar-refractivity contribution in [3.8, 4) is 5.75 Å². The van der Waals surface area contributed by atoms with E-state index in [1.165, 1.54) is 13.2 Å². The summed E-state index contributed by atoms with van der Waals surface area (Å²) in [6.45, 7) is 5.71. The van der Waals surface area contributed by atoms with Gasteiger partial charge in [0.05, 0.1) is 7.11 Å². The predicted octanol–water partition coefficient (Wildman–Crippen LogP) is 2.80. The molecule has 0 amide bonds. The SMILES string of the molecule is C=C(C)C[C@H](N)c1ccc(F)c(OC)c1. The van der Waals surface area contributed by atoms with Crippen LogP contribution in [0.2, 0.25) is 0 Å². The number of benzene rings is 1. The van der Waals surface area contributed by atoms with Crippen LogP contribution in [0.3, 0.4) is 0 Å². The Balaban J connectivity index is 2.90. The molecule has 82 valence electrons. The van der Waals surface area contributed by atoms with Crippen molar-refractivity contribution in [2.75, 3.05) is 7.11 Å². The number of hydrogen-bond donors (Lipinski definition) is 1. The van der Waals surface area contributed by atoms with Gasteiger partial charge in [-0.25, -0.2) is 4.39 Å². The zero-order valence-corrected chi connectivity index (χ0v) is 9.09. The predicted molar refractivity (Wildman–Crippen MR) is 59.3 cm³/mol. The van der Waals surface area contributed by atoms with E-state index in [1.54, 1.807) is 12.1 Å². The van der Waals surface area contributed by atoms with Gasteiger partial charge in [-0.2, -0.15) is 0 Å². The summed E-state index contributed by atoms with van der Waals surface area (Å²) < 4.78 is 18.0. The van der Waals surface area contributed by atoms with E-state index in [-0.39, 0.29) is 17.6 Å². The second-order valence-corrected chi connectivity index (χ2v) is 3.66. The second-order valence-electron chi connectivity index (χ2n) is 3.66. The van der Waals surface area contributed by atoms with E-state index < -0.39 is 0 Å². The first-order valence-electron chi connectivity index (χ1n) is 4.78. The molecule has 0 bridgehead atoms. The van der Waals surface area contributed by atoms with E-state index in [1.807, 2.05) is 6.92 Å². The molecule has 2 N–H and O–H groups in total. The third kappa shape index (κ3) is 3.06. The van der Waals surface area contributed by atoms with Gasteiger partial charge in [-0.05, 0) is 31.0 Å². The maximum Gasteiger partial charge on any atom is 0.165 e. The Morgan fingerprint density at radius 1 is 1.60 bits per heavy atom. The zero-order chi connectivity index (χ0) is 11.4. The van der Waals surface area contributed by atoms with Crippen molar-refractivity contribution in [3.63, 3.8) is 0 Å². The van der Waals surface area contributed by atoms with Gasteiger partial charge in [-0.3, -0.25) is 0 Å². The average molecular weight is 209 g/mol. The summed E-state index contributed by atoms with van der Waals surface area (Å²) >= 11 is 0. The minimum atomic E-state index is -0.372. The molecule has 0 saturated carbocycles. The van der Waals surface area contributed by atoms with Crippen molar-refractivity contribution >= 4 is 0 Å². The molecule has 0 saturated heterocycles. The molecule has 0 aliphatic rings. The fourth-order valence-corrected chi connectivity index (χ4v) is 1.40. The molecular weight excluding hydrogens is 193 g/mol. The van der Waals surface area contributed by atoms with E-state index in [0.29, 0.717) is 6.42 Å². The molecule has 0 radical (unpaired) electrons. The van der Waals surface area contributed by atoms with Gasteiger partial charge in [0.1, 0.15) is 0 Å². The molecule has 0 fully saturated rings. The largest absolute Gasteiger partial charge is 0.494 e. The molecule has 3 heteroatoms.